The van der Waals surface area contributed by atoms with Gasteiger partial charge in [-0.2, -0.15) is 0 Å². The minimum absolute atomic E-state index is 0.0725. The molecule has 0 radical (unpaired) electrons. The molecular weight excluding hydrogens is 272 g/mol. The zero-order valence-electron chi connectivity index (χ0n) is 14.1. The molecule has 0 aromatic heterocycles. The highest BCUT2D eigenvalue weighted by molar-refractivity contribution is 5.93. The van der Waals surface area contributed by atoms with Gasteiger partial charge in [-0.25, -0.2) is 0 Å². The van der Waals surface area contributed by atoms with Crippen molar-refractivity contribution in [1.29, 1.82) is 0 Å². The van der Waals surface area contributed by atoms with Crippen molar-refractivity contribution in [2.24, 2.45) is 5.92 Å². The molecule has 0 spiro atoms. The van der Waals surface area contributed by atoms with E-state index < -0.39 is 0 Å². The van der Waals surface area contributed by atoms with Crippen molar-refractivity contribution in [2.45, 2.75) is 31.6 Å². The van der Waals surface area contributed by atoms with Gasteiger partial charge in [0.2, 0.25) is 0 Å². The van der Waals surface area contributed by atoms with Crippen LogP contribution in [0.2, 0.25) is 0 Å². The number of rotatable bonds is 6. The molecule has 0 fully saturated rings. The fourth-order valence-corrected chi connectivity index (χ4v) is 4.30. The van der Waals surface area contributed by atoms with E-state index in [0.29, 0.717) is 25.0 Å². The molecule has 1 aliphatic rings. The second kappa shape index (κ2) is 6.02. The molecule has 22 heavy (non-hydrogen) atoms. The summed E-state index contributed by atoms with van der Waals surface area (Å²) in [6, 6.07) is 13.3. The Morgan fingerprint density at radius 1 is 1.00 bits per heavy atom. The predicted molar refractivity (Wildman–Crippen MR) is 91.6 cm³/mol. The summed E-state index contributed by atoms with van der Waals surface area (Å²) >= 11 is 0. The van der Waals surface area contributed by atoms with E-state index in [0.717, 1.165) is 6.42 Å². The Kier molecular flexibility index (Phi) is 4.24. The summed E-state index contributed by atoms with van der Waals surface area (Å²) in [7, 11) is 3.60. The lowest BCUT2D eigenvalue weighted by Crippen LogP contribution is -2.40. The van der Waals surface area contributed by atoms with Crippen molar-refractivity contribution < 1.29 is 9.47 Å². The molecule has 2 aromatic carbocycles. The molecule has 1 aliphatic carbocycles. The topological polar surface area (TPSA) is 18.5 Å². The van der Waals surface area contributed by atoms with Crippen LogP contribution < -0.4 is 0 Å². The van der Waals surface area contributed by atoms with Crippen molar-refractivity contribution in [1.82, 2.24) is 0 Å². The third-order valence-corrected chi connectivity index (χ3v) is 5.03. The van der Waals surface area contributed by atoms with Gasteiger partial charge < -0.3 is 9.47 Å². The van der Waals surface area contributed by atoms with Crippen molar-refractivity contribution >= 4 is 10.8 Å². The third-order valence-electron chi connectivity index (χ3n) is 5.03. The Labute approximate surface area is 133 Å². The normalized spacial score (nSPS) is 19.2. The highest BCUT2D eigenvalue weighted by atomic mass is 16.5. The SMILES string of the molecule is COCC1(COC)c2cccc3cccc(c23)C1CC(C)C. The van der Waals surface area contributed by atoms with Crippen LogP contribution in [-0.4, -0.2) is 27.4 Å². The van der Waals surface area contributed by atoms with Crippen molar-refractivity contribution in [3.05, 3.63) is 47.5 Å². The summed E-state index contributed by atoms with van der Waals surface area (Å²) in [4.78, 5) is 0. The maximum absolute atomic E-state index is 5.68. The molecule has 2 nitrogen and oxygen atoms in total. The highest BCUT2D eigenvalue weighted by Gasteiger charge is 2.47. The molecule has 2 heteroatoms. The van der Waals surface area contributed by atoms with Crippen molar-refractivity contribution in [3.8, 4) is 0 Å². The van der Waals surface area contributed by atoms with Gasteiger partial charge in [-0.05, 0) is 40.2 Å². The van der Waals surface area contributed by atoms with Gasteiger partial charge in [0.15, 0.2) is 0 Å². The molecule has 118 valence electrons. The van der Waals surface area contributed by atoms with Gasteiger partial charge in [-0.3, -0.25) is 0 Å². The van der Waals surface area contributed by atoms with Crippen LogP contribution in [0.4, 0.5) is 0 Å². The van der Waals surface area contributed by atoms with Gasteiger partial charge in [-0.1, -0.05) is 50.2 Å². The molecule has 1 atom stereocenters. The molecule has 2 aromatic rings. The summed E-state index contributed by atoms with van der Waals surface area (Å²) in [5.41, 5.74) is 2.79. The molecular formula is C20H26O2. The maximum atomic E-state index is 5.68. The van der Waals surface area contributed by atoms with E-state index in [9.17, 15) is 0 Å². The minimum Gasteiger partial charge on any atom is -0.384 e. The number of benzene rings is 2. The van der Waals surface area contributed by atoms with Crippen LogP contribution in [0.1, 0.15) is 37.3 Å². The highest BCUT2D eigenvalue weighted by Crippen LogP contribution is 2.53. The van der Waals surface area contributed by atoms with E-state index in [1.165, 1.54) is 21.9 Å². The maximum Gasteiger partial charge on any atom is 0.0587 e. The van der Waals surface area contributed by atoms with Crippen molar-refractivity contribution in [2.75, 3.05) is 27.4 Å². The fraction of sp³-hybridized carbons (Fsp3) is 0.500. The second-order valence-electron chi connectivity index (χ2n) is 6.96. The summed E-state index contributed by atoms with van der Waals surface area (Å²) in [6.07, 6.45) is 1.15. The summed E-state index contributed by atoms with van der Waals surface area (Å²) < 4.78 is 11.4. The van der Waals surface area contributed by atoms with E-state index in [1.54, 1.807) is 14.2 Å². The molecule has 3 rings (SSSR count). The quantitative estimate of drug-likeness (QED) is 0.781. The molecule has 0 amide bonds. The summed E-state index contributed by atoms with van der Waals surface area (Å²) in [5, 5.41) is 2.75. The average molecular weight is 298 g/mol. The lowest BCUT2D eigenvalue weighted by atomic mass is 9.71. The van der Waals surface area contributed by atoms with Gasteiger partial charge in [0.05, 0.1) is 13.2 Å². The third kappa shape index (κ3) is 2.26. The van der Waals surface area contributed by atoms with Crippen LogP contribution in [0, 0.1) is 5.92 Å². The van der Waals surface area contributed by atoms with E-state index >= 15 is 0 Å². The monoisotopic (exact) mass is 298 g/mol. The first kappa shape index (κ1) is 15.5. The zero-order chi connectivity index (χ0) is 15.7. The molecule has 0 N–H and O–H groups in total. The first-order valence-electron chi connectivity index (χ1n) is 8.14. The van der Waals surface area contributed by atoms with Crippen LogP contribution in [0.25, 0.3) is 10.8 Å². The van der Waals surface area contributed by atoms with Gasteiger partial charge in [-0.15, -0.1) is 0 Å². The van der Waals surface area contributed by atoms with E-state index in [2.05, 4.69) is 50.2 Å². The lowest BCUT2D eigenvalue weighted by Gasteiger charge is -2.37. The van der Waals surface area contributed by atoms with Gasteiger partial charge >= 0.3 is 0 Å². The van der Waals surface area contributed by atoms with E-state index in [-0.39, 0.29) is 5.41 Å². The molecule has 0 saturated carbocycles. The van der Waals surface area contributed by atoms with Crippen LogP contribution in [0.15, 0.2) is 36.4 Å². The number of methoxy groups -OCH3 is 2. The Hall–Kier alpha value is -1.38. The predicted octanol–water partition coefficient (Wildman–Crippen LogP) is 4.51. The lowest BCUT2D eigenvalue weighted by molar-refractivity contribution is 0.0431. The summed E-state index contributed by atoms with van der Waals surface area (Å²) in [6.45, 7) is 6.00. The molecule has 0 heterocycles. The van der Waals surface area contributed by atoms with E-state index in [4.69, 9.17) is 9.47 Å². The van der Waals surface area contributed by atoms with Crippen molar-refractivity contribution in [3.63, 3.8) is 0 Å². The van der Waals surface area contributed by atoms with Gasteiger partial charge in [0.25, 0.3) is 0 Å². The number of hydrogen-bond acceptors (Lipinski definition) is 2. The first-order valence-corrected chi connectivity index (χ1v) is 8.14. The molecule has 0 aliphatic heterocycles. The Morgan fingerprint density at radius 2 is 1.64 bits per heavy atom. The molecule has 0 bridgehead atoms. The Bertz CT molecular complexity index is 649. The average Bonchev–Trinajstić information content (AvgIpc) is 2.74. The van der Waals surface area contributed by atoms with Gasteiger partial charge in [0, 0.05) is 19.6 Å². The largest absolute Gasteiger partial charge is 0.384 e. The van der Waals surface area contributed by atoms with Crippen LogP contribution in [-0.2, 0) is 14.9 Å². The van der Waals surface area contributed by atoms with Gasteiger partial charge in [0.1, 0.15) is 0 Å². The Balaban J connectivity index is 2.25. The summed E-state index contributed by atoms with van der Waals surface area (Å²) in [5.74, 6) is 1.09. The smallest absolute Gasteiger partial charge is 0.0587 e. The number of ether oxygens (including phenoxy) is 2. The minimum atomic E-state index is -0.0725. The second-order valence-corrected chi connectivity index (χ2v) is 6.96. The first-order chi connectivity index (χ1) is 10.6. The number of hydrogen-bond donors (Lipinski definition) is 0. The van der Waals surface area contributed by atoms with Crippen LogP contribution >= 0.6 is 0 Å². The fourth-order valence-electron chi connectivity index (χ4n) is 4.30. The zero-order valence-corrected chi connectivity index (χ0v) is 14.1. The standard InChI is InChI=1S/C20H26O2/c1-14(2)11-18-16-9-5-7-15-8-6-10-17(19(15)16)20(18,12-21-3)13-22-4/h5-10,14,18H,11-13H2,1-4H3. The van der Waals surface area contributed by atoms with Crippen LogP contribution in [0.3, 0.4) is 0 Å². The van der Waals surface area contributed by atoms with E-state index in [1.807, 2.05) is 0 Å². The molecule has 1 unspecified atom stereocenters. The Morgan fingerprint density at radius 3 is 2.23 bits per heavy atom. The molecule has 0 saturated heterocycles. The van der Waals surface area contributed by atoms with Crippen LogP contribution in [0.5, 0.6) is 0 Å².